The second kappa shape index (κ2) is 5.46. The first-order chi connectivity index (χ1) is 8.93. The molecular weight excluding hydrogens is 222 g/mol. The van der Waals surface area contributed by atoms with Crippen LogP contribution in [-0.2, 0) is 6.54 Å². The monoisotopic (exact) mass is 241 g/mol. The van der Waals surface area contributed by atoms with Gasteiger partial charge in [-0.15, -0.1) is 0 Å². The average Bonchev–Trinajstić information content (AvgIpc) is 2.68. The highest BCUT2D eigenvalue weighted by Crippen LogP contribution is 2.18. The Morgan fingerprint density at radius 2 is 2.06 bits per heavy atom. The van der Waals surface area contributed by atoms with Crippen molar-refractivity contribution in [1.29, 1.82) is 0 Å². The number of para-hydroxylation sites is 1. The van der Waals surface area contributed by atoms with Crippen molar-refractivity contribution < 1.29 is 0 Å². The van der Waals surface area contributed by atoms with E-state index in [-0.39, 0.29) is 0 Å². The van der Waals surface area contributed by atoms with Gasteiger partial charge in [0.1, 0.15) is 0 Å². The molecule has 0 radical (unpaired) electrons. The summed E-state index contributed by atoms with van der Waals surface area (Å²) in [7, 11) is 0. The van der Waals surface area contributed by atoms with Gasteiger partial charge in [0.25, 0.3) is 0 Å². The minimum Gasteiger partial charge on any atom is -0.315 e. The van der Waals surface area contributed by atoms with E-state index in [2.05, 4.69) is 45.5 Å². The highest BCUT2D eigenvalue weighted by atomic mass is 15.1. The molecule has 2 aromatic rings. The lowest BCUT2D eigenvalue weighted by atomic mass is 10.1. The molecule has 1 N–H and O–H groups in total. The molecule has 0 unspecified atom stereocenters. The smallest absolute Gasteiger partial charge is 0.0705 e. The van der Waals surface area contributed by atoms with E-state index in [0.29, 0.717) is 0 Å². The normalized spacial score (nSPS) is 17.8. The molecule has 18 heavy (non-hydrogen) atoms. The van der Waals surface area contributed by atoms with Crippen LogP contribution in [0.3, 0.4) is 0 Å². The van der Waals surface area contributed by atoms with Crippen molar-refractivity contribution in [1.82, 2.24) is 15.2 Å². The third-order valence-corrected chi connectivity index (χ3v) is 3.57. The highest BCUT2D eigenvalue weighted by Gasteiger charge is 2.10. The standard InChI is InChI=1S/C15H19N3/c1-2-5-15-14(4-1)13(6-8-17-15)12-18-10-3-7-16-9-11-18/h1-2,4-6,8,16H,3,7,9-12H2. The molecule has 0 aliphatic carbocycles. The third-order valence-electron chi connectivity index (χ3n) is 3.57. The number of nitrogens with one attached hydrogen (secondary N) is 1. The van der Waals surface area contributed by atoms with Gasteiger partial charge < -0.3 is 5.32 Å². The molecule has 94 valence electrons. The summed E-state index contributed by atoms with van der Waals surface area (Å²) in [5.41, 5.74) is 2.49. The van der Waals surface area contributed by atoms with E-state index < -0.39 is 0 Å². The van der Waals surface area contributed by atoms with Crippen molar-refractivity contribution in [2.24, 2.45) is 0 Å². The van der Waals surface area contributed by atoms with Crippen molar-refractivity contribution in [3.05, 3.63) is 42.1 Å². The molecule has 1 aliphatic heterocycles. The lowest BCUT2D eigenvalue weighted by molar-refractivity contribution is 0.285. The Bertz CT molecular complexity index is 511. The maximum Gasteiger partial charge on any atom is 0.0705 e. The SMILES string of the molecule is c1ccc2c(CN3CCCNCC3)ccnc2c1. The first kappa shape index (κ1) is 11.6. The van der Waals surface area contributed by atoms with Crippen LogP contribution in [0.15, 0.2) is 36.5 Å². The molecule has 0 saturated carbocycles. The molecule has 0 atom stereocenters. The van der Waals surface area contributed by atoms with E-state index >= 15 is 0 Å². The molecule has 0 bridgehead atoms. The van der Waals surface area contributed by atoms with E-state index in [0.717, 1.165) is 31.7 Å². The molecule has 3 rings (SSSR count). The van der Waals surface area contributed by atoms with Gasteiger partial charge in [0.2, 0.25) is 0 Å². The predicted molar refractivity (Wildman–Crippen MR) is 74.5 cm³/mol. The fourth-order valence-corrected chi connectivity index (χ4v) is 2.59. The Labute approximate surface area is 108 Å². The quantitative estimate of drug-likeness (QED) is 0.872. The Balaban J connectivity index is 1.85. The Hall–Kier alpha value is -1.45. The number of benzene rings is 1. The summed E-state index contributed by atoms with van der Waals surface area (Å²) in [6.07, 6.45) is 3.16. The second-order valence-corrected chi connectivity index (χ2v) is 4.87. The molecule has 1 aromatic carbocycles. The van der Waals surface area contributed by atoms with Crippen molar-refractivity contribution in [2.75, 3.05) is 26.2 Å². The largest absolute Gasteiger partial charge is 0.315 e. The maximum absolute atomic E-state index is 4.42. The van der Waals surface area contributed by atoms with Gasteiger partial charge in [0, 0.05) is 31.2 Å². The van der Waals surface area contributed by atoms with Gasteiger partial charge >= 0.3 is 0 Å². The second-order valence-electron chi connectivity index (χ2n) is 4.87. The minimum absolute atomic E-state index is 1.03. The van der Waals surface area contributed by atoms with Crippen molar-refractivity contribution >= 4 is 10.9 Å². The molecule has 1 aliphatic rings. The third kappa shape index (κ3) is 2.52. The molecule has 3 nitrogen and oxygen atoms in total. The fraction of sp³-hybridized carbons (Fsp3) is 0.400. The fourth-order valence-electron chi connectivity index (χ4n) is 2.59. The van der Waals surface area contributed by atoms with E-state index in [1.807, 2.05) is 6.20 Å². The van der Waals surface area contributed by atoms with Crippen LogP contribution >= 0.6 is 0 Å². The number of pyridine rings is 1. The van der Waals surface area contributed by atoms with Gasteiger partial charge in [-0.3, -0.25) is 9.88 Å². The van der Waals surface area contributed by atoms with Crippen LogP contribution < -0.4 is 5.32 Å². The zero-order valence-electron chi connectivity index (χ0n) is 10.6. The first-order valence-electron chi connectivity index (χ1n) is 6.69. The number of fused-ring (bicyclic) bond motifs is 1. The first-order valence-corrected chi connectivity index (χ1v) is 6.69. The minimum atomic E-state index is 1.03. The van der Waals surface area contributed by atoms with Crippen LogP contribution in [0.1, 0.15) is 12.0 Å². The Morgan fingerprint density at radius 1 is 1.11 bits per heavy atom. The van der Waals surface area contributed by atoms with Crippen LogP contribution in [-0.4, -0.2) is 36.1 Å². The zero-order chi connectivity index (χ0) is 12.2. The molecular formula is C15H19N3. The summed E-state index contributed by atoms with van der Waals surface area (Å²) >= 11 is 0. The number of hydrogen-bond acceptors (Lipinski definition) is 3. The van der Waals surface area contributed by atoms with Gasteiger partial charge in [0.05, 0.1) is 5.52 Å². The molecule has 2 heterocycles. The van der Waals surface area contributed by atoms with Crippen molar-refractivity contribution in [3.63, 3.8) is 0 Å². The van der Waals surface area contributed by atoms with Crippen molar-refractivity contribution in [3.8, 4) is 0 Å². The van der Waals surface area contributed by atoms with Crippen LogP contribution in [0, 0.1) is 0 Å². The topological polar surface area (TPSA) is 28.2 Å². The number of hydrogen-bond donors (Lipinski definition) is 1. The van der Waals surface area contributed by atoms with Gasteiger partial charge in [-0.25, -0.2) is 0 Å². The van der Waals surface area contributed by atoms with Gasteiger partial charge in [0.15, 0.2) is 0 Å². The van der Waals surface area contributed by atoms with E-state index in [4.69, 9.17) is 0 Å². The lowest BCUT2D eigenvalue weighted by Crippen LogP contribution is -2.27. The summed E-state index contributed by atoms with van der Waals surface area (Å²) in [5.74, 6) is 0. The summed E-state index contributed by atoms with van der Waals surface area (Å²) in [6, 6.07) is 10.6. The van der Waals surface area contributed by atoms with E-state index in [1.54, 1.807) is 0 Å². The maximum atomic E-state index is 4.42. The molecule has 0 spiro atoms. The Kier molecular flexibility index (Phi) is 3.53. The van der Waals surface area contributed by atoms with Crippen LogP contribution in [0.25, 0.3) is 10.9 Å². The van der Waals surface area contributed by atoms with Gasteiger partial charge in [-0.2, -0.15) is 0 Å². The van der Waals surface area contributed by atoms with E-state index in [9.17, 15) is 0 Å². The summed E-state index contributed by atoms with van der Waals surface area (Å²) in [4.78, 5) is 6.95. The number of nitrogens with zero attached hydrogens (tertiary/aromatic N) is 2. The average molecular weight is 241 g/mol. The predicted octanol–water partition coefficient (Wildman–Crippen LogP) is 2.03. The molecule has 1 saturated heterocycles. The van der Waals surface area contributed by atoms with Crippen LogP contribution in [0.2, 0.25) is 0 Å². The summed E-state index contributed by atoms with van der Waals surface area (Å²) < 4.78 is 0. The molecule has 1 fully saturated rings. The van der Waals surface area contributed by atoms with E-state index in [1.165, 1.54) is 23.9 Å². The summed E-state index contributed by atoms with van der Waals surface area (Å²) in [5, 5.41) is 4.74. The lowest BCUT2D eigenvalue weighted by Gasteiger charge is -2.20. The summed E-state index contributed by atoms with van der Waals surface area (Å²) in [6.45, 7) is 5.60. The highest BCUT2D eigenvalue weighted by molar-refractivity contribution is 5.81. The van der Waals surface area contributed by atoms with Crippen LogP contribution in [0.4, 0.5) is 0 Å². The van der Waals surface area contributed by atoms with Gasteiger partial charge in [-0.05, 0) is 37.2 Å². The molecule has 3 heteroatoms. The molecule has 0 amide bonds. The molecule has 1 aromatic heterocycles. The van der Waals surface area contributed by atoms with Crippen LogP contribution in [0.5, 0.6) is 0 Å². The number of aromatic nitrogens is 1. The number of rotatable bonds is 2. The van der Waals surface area contributed by atoms with Crippen molar-refractivity contribution in [2.45, 2.75) is 13.0 Å². The zero-order valence-corrected chi connectivity index (χ0v) is 10.6. The van der Waals surface area contributed by atoms with Gasteiger partial charge in [-0.1, -0.05) is 18.2 Å². The Morgan fingerprint density at radius 3 is 3.06 bits per heavy atom.